The zero-order valence-electron chi connectivity index (χ0n) is 15.0. The van der Waals surface area contributed by atoms with Gasteiger partial charge in [-0.2, -0.15) is 5.10 Å². The number of fused-ring (bicyclic) bond motifs is 1. The predicted molar refractivity (Wildman–Crippen MR) is 97.7 cm³/mol. The molecule has 1 N–H and O–H groups in total. The number of carbonyl (C=O) groups is 1. The monoisotopic (exact) mass is 365 g/mol. The van der Waals surface area contributed by atoms with Gasteiger partial charge in [0, 0.05) is 31.3 Å². The van der Waals surface area contributed by atoms with Crippen LogP contribution in [0.3, 0.4) is 0 Å². The largest absolute Gasteiger partial charge is 0.488 e. The van der Waals surface area contributed by atoms with E-state index in [1.54, 1.807) is 37.2 Å². The summed E-state index contributed by atoms with van der Waals surface area (Å²) in [4.78, 5) is 12.1. The van der Waals surface area contributed by atoms with E-state index in [1.807, 2.05) is 24.3 Å². The first-order valence-electron chi connectivity index (χ1n) is 8.58. The van der Waals surface area contributed by atoms with E-state index in [0.717, 1.165) is 29.0 Å². The van der Waals surface area contributed by atoms with Gasteiger partial charge in [-0.15, -0.1) is 10.2 Å². The number of amides is 1. The minimum Gasteiger partial charge on any atom is -0.488 e. The molecule has 1 amide bonds. The zero-order chi connectivity index (χ0) is 18.8. The van der Waals surface area contributed by atoms with E-state index < -0.39 is 0 Å². The third-order valence-electron chi connectivity index (χ3n) is 4.38. The third-order valence-corrected chi connectivity index (χ3v) is 4.38. The Morgan fingerprint density at radius 2 is 2.19 bits per heavy atom. The van der Waals surface area contributed by atoms with Gasteiger partial charge in [0.1, 0.15) is 17.5 Å². The van der Waals surface area contributed by atoms with Gasteiger partial charge in [0.05, 0.1) is 19.3 Å². The Kier molecular flexibility index (Phi) is 4.45. The van der Waals surface area contributed by atoms with E-state index in [2.05, 4.69) is 20.6 Å². The average Bonchev–Trinajstić information content (AvgIpc) is 3.31. The number of nitrogens with one attached hydrogen (secondary N) is 1. The maximum Gasteiger partial charge on any atom is 0.271 e. The molecular formula is C19H19N5O3. The fourth-order valence-corrected chi connectivity index (χ4v) is 3.01. The lowest BCUT2D eigenvalue weighted by Gasteiger charge is -2.11. The molecule has 0 saturated heterocycles. The lowest BCUT2D eigenvalue weighted by atomic mass is 10.0. The van der Waals surface area contributed by atoms with Crippen molar-refractivity contribution in [2.45, 2.75) is 12.5 Å². The van der Waals surface area contributed by atoms with E-state index in [-0.39, 0.29) is 12.0 Å². The Bertz CT molecular complexity index is 968. The molecule has 0 aliphatic carbocycles. The summed E-state index contributed by atoms with van der Waals surface area (Å²) in [6.45, 7) is 0.418. The Hall–Kier alpha value is -3.42. The summed E-state index contributed by atoms with van der Waals surface area (Å²) in [5, 5.41) is 15.1. The number of carbonyl (C=O) groups excluding carboxylic acids is 1. The van der Waals surface area contributed by atoms with Crippen LogP contribution in [0.15, 0.2) is 42.6 Å². The highest BCUT2D eigenvalue weighted by Gasteiger charge is 2.24. The normalized spacial score (nSPS) is 15.1. The van der Waals surface area contributed by atoms with Crippen molar-refractivity contribution in [2.24, 2.45) is 7.05 Å². The second-order valence-corrected chi connectivity index (χ2v) is 6.31. The quantitative estimate of drug-likeness (QED) is 0.739. The average molecular weight is 365 g/mol. The van der Waals surface area contributed by atoms with Crippen LogP contribution in [-0.2, 0) is 13.5 Å². The molecule has 1 aromatic carbocycles. The molecule has 0 saturated carbocycles. The van der Waals surface area contributed by atoms with E-state index in [4.69, 9.17) is 9.47 Å². The highest BCUT2D eigenvalue weighted by Crippen LogP contribution is 2.32. The fraction of sp³-hybridized carbons (Fsp3) is 0.263. The first kappa shape index (κ1) is 17.0. The molecule has 3 aromatic rings. The maximum absolute atomic E-state index is 12.1. The van der Waals surface area contributed by atoms with Crippen LogP contribution in [0.25, 0.3) is 11.3 Å². The molecule has 8 nitrogen and oxygen atoms in total. The van der Waals surface area contributed by atoms with Crippen molar-refractivity contribution in [3.63, 3.8) is 0 Å². The molecule has 0 unspecified atom stereocenters. The van der Waals surface area contributed by atoms with Gasteiger partial charge in [-0.05, 0) is 35.9 Å². The molecule has 0 radical (unpaired) electrons. The summed E-state index contributed by atoms with van der Waals surface area (Å²) >= 11 is 0. The van der Waals surface area contributed by atoms with Gasteiger partial charge in [0.2, 0.25) is 5.88 Å². The minimum atomic E-state index is -0.204. The SMILES string of the molecule is COc1ccc(-c2ccc3c(c2)C[C@H](CNC(=O)c2ccn(C)n2)O3)nn1. The second kappa shape index (κ2) is 7.06. The zero-order valence-corrected chi connectivity index (χ0v) is 15.0. The third kappa shape index (κ3) is 3.59. The Balaban J connectivity index is 1.40. The molecule has 1 atom stereocenters. The minimum absolute atomic E-state index is 0.107. The summed E-state index contributed by atoms with van der Waals surface area (Å²) in [5.41, 5.74) is 3.21. The van der Waals surface area contributed by atoms with E-state index in [1.165, 1.54) is 0 Å². The molecule has 0 bridgehead atoms. The van der Waals surface area contributed by atoms with Gasteiger partial charge in [-0.25, -0.2) is 0 Å². The summed E-state index contributed by atoms with van der Waals surface area (Å²) in [7, 11) is 3.33. The van der Waals surface area contributed by atoms with Gasteiger partial charge >= 0.3 is 0 Å². The number of ether oxygens (including phenoxy) is 2. The van der Waals surface area contributed by atoms with Gasteiger partial charge in [-0.1, -0.05) is 0 Å². The van der Waals surface area contributed by atoms with Crippen LogP contribution in [0.2, 0.25) is 0 Å². The summed E-state index contributed by atoms with van der Waals surface area (Å²) in [6.07, 6.45) is 2.35. The van der Waals surface area contributed by atoms with Crippen molar-refractivity contribution in [2.75, 3.05) is 13.7 Å². The topological polar surface area (TPSA) is 91.2 Å². The fourth-order valence-electron chi connectivity index (χ4n) is 3.01. The summed E-state index contributed by atoms with van der Waals surface area (Å²) < 4.78 is 12.6. The molecular weight excluding hydrogens is 346 g/mol. The van der Waals surface area contributed by atoms with Gasteiger partial charge < -0.3 is 14.8 Å². The number of benzene rings is 1. The van der Waals surface area contributed by atoms with Crippen molar-refractivity contribution in [3.05, 3.63) is 53.9 Å². The number of aryl methyl sites for hydroxylation is 1. The predicted octanol–water partition coefficient (Wildman–Crippen LogP) is 1.62. The number of hydrogen-bond donors (Lipinski definition) is 1. The van der Waals surface area contributed by atoms with Crippen LogP contribution in [0.1, 0.15) is 16.1 Å². The summed E-state index contributed by atoms with van der Waals surface area (Å²) in [5.74, 6) is 1.11. The van der Waals surface area contributed by atoms with Crippen molar-refractivity contribution in [1.82, 2.24) is 25.3 Å². The van der Waals surface area contributed by atoms with Crippen LogP contribution in [0.4, 0.5) is 0 Å². The van der Waals surface area contributed by atoms with Crippen molar-refractivity contribution in [1.29, 1.82) is 0 Å². The second-order valence-electron chi connectivity index (χ2n) is 6.31. The number of aromatic nitrogens is 4. The lowest BCUT2D eigenvalue weighted by Crippen LogP contribution is -2.34. The lowest BCUT2D eigenvalue weighted by molar-refractivity contribution is 0.0928. The molecule has 1 aliphatic heterocycles. The van der Waals surface area contributed by atoms with Crippen molar-refractivity contribution >= 4 is 5.91 Å². The molecule has 4 rings (SSSR count). The molecule has 3 heterocycles. The van der Waals surface area contributed by atoms with Crippen LogP contribution < -0.4 is 14.8 Å². The summed E-state index contributed by atoms with van der Waals surface area (Å²) in [6, 6.07) is 11.3. The van der Waals surface area contributed by atoms with Crippen molar-refractivity contribution < 1.29 is 14.3 Å². The molecule has 1 aliphatic rings. The van der Waals surface area contributed by atoms with E-state index in [9.17, 15) is 4.79 Å². The van der Waals surface area contributed by atoms with E-state index >= 15 is 0 Å². The highest BCUT2D eigenvalue weighted by molar-refractivity contribution is 5.92. The Labute approximate surface area is 156 Å². The van der Waals surface area contributed by atoms with Crippen LogP contribution in [-0.4, -0.2) is 45.6 Å². The van der Waals surface area contributed by atoms with Crippen molar-refractivity contribution in [3.8, 4) is 22.9 Å². The molecule has 0 fully saturated rings. The maximum atomic E-state index is 12.1. The van der Waals surface area contributed by atoms with Crippen LogP contribution in [0, 0.1) is 0 Å². The highest BCUT2D eigenvalue weighted by atomic mass is 16.5. The smallest absolute Gasteiger partial charge is 0.271 e. The molecule has 138 valence electrons. The number of nitrogens with zero attached hydrogens (tertiary/aromatic N) is 4. The standard InChI is InChI=1S/C19H19N5O3/c1-24-8-7-16(23-24)19(25)20-11-14-10-13-9-12(3-5-17(13)27-14)15-4-6-18(26-2)22-21-15/h3-9,14H,10-11H2,1-2H3,(H,20,25)/t14-/m1/s1. The van der Waals surface area contributed by atoms with E-state index in [0.29, 0.717) is 18.1 Å². The van der Waals surface area contributed by atoms with Crippen LogP contribution in [0.5, 0.6) is 11.6 Å². The number of hydrogen-bond acceptors (Lipinski definition) is 6. The molecule has 2 aromatic heterocycles. The Morgan fingerprint density at radius 1 is 1.30 bits per heavy atom. The Morgan fingerprint density at radius 3 is 2.89 bits per heavy atom. The van der Waals surface area contributed by atoms with Gasteiger partial charge in [0.25, 0.3) is 5.91 Å². The first-order valence-corrected chi connectivity index (χ1v) is 8.58. The van der Waals surface area contributed by atoms with Gasteiger partial charge in [0.15, 0.2) is 0 Å². The number of methoxy groups -OCH3 is 1. The molecule has 8 heteroatoms. The number of rotatable bonds is 5. The molecule has 0 spiro atoms. The molecule has 27 heavy (non-hydrogen) atoms. The van der Waals surface area contributed by atoms with Gasteiger partial charge in [-0.3, -0.25) is 9.48 Å². The first-order chi connectivity index (χ1) is 13.1. The van der Waals surface area contributed by atoms with Crippen LogP contribution >= 0.6 is 0 Å².